The summed E-state index contributed by atoms with van der Waals surface area (Å²) in [6, 6.07) is 15.1. The number of hydrogen-bond donors (Lipinski definition) is 1. The molecule has 3 heterocycles. The molecule has 1 fully saturated rings. The molecule has 1 amide bonds. The van der Waals surface area contributed by atoms with Gasteiger partial charge in [0.05, 0.1) is 15.8 Å². The van der Waals surface area contributed by atoms with Gasteiger partial charge >= 0.3 is 5.91 Å². The number of ether oxygens (including phenoxy) is 2. The molecule has 1 aromatic heterocycles. The molecule has 0 radical (unpaired) electrons. The standard InChI is InChI=1S/C27H19FN2O5S/c1-14-6-8-18-21(12-14)36-27(29-18)30-23(16-4-2-3-5-17(16)28)22(25(32)26(30)33)24(31)15-7-9-19-20(13-15)35-11-10-34-19/h2-9,12-13,23,31H,10-11H2,1H3/b24-22+. The van der Waals surface area contributed by atoms with Gasteiger partial charge in [0.15, 0.2) is 16.6 Å². The van der Waals surface area contributed by atoms with Crippen molar-refractivity contribution >= 4 is 44.1 Å². The fourth-order valence-corrected chi connectivity index (χ4v) is 5.58. The maximum absolute atomic E-state index is 15.1. The normalized spacial score (nSPS) is 18.7. The minimum absolute atomic E-state index is 0.0752. The molecule has 9 heteroatoms. The predicted octanol–water partition coefficient (Wildman–Crippen LogP) is 5.14. The van der Waals surface area contributed by atoms with Crippen LogP contribution in [0.25, 0.3) is 16.0 Å². The first-order chi connectivity index (χ1) is 17.4. The third-order valence-electron chi connectivity index (χ3n) is 6.20. The van der Waals surface area contributed by atoms with Gasteiger partial charge in [-0.25, -0.2) is 9.37 Å². The van der Waals surface area contributed by atoms with E-state index in [-0.39, 0.29) is 21.8 Å². The van der Waals surface area contributed by atoms with Gasteiger partial charge in [0.1, 0.15) is 30.8 Å². The van der Waals surface area contributed by atoms with Crippen molar-refractivity contribution in [1.29, 1.82) is 0 Å². The number of thiazole rings is 1. The van der Waals surface area contributed by atoms with E-state index in [1.54, 1.807) is 18.2 Å². The SMILES string of the molecule is Cc1ccc2nc(N3C(=O)C(=O)/C(=C(/O)c4ccc5c(c4)OCCO5)C3c3ccccc3F)sc2c1. The average molecular weight is 503 g/mol. The summed E-state index contributed by atoms with van der Waals surface area (Å²) < 4.78 is 27.1. The number of Topliss-reactive ketones (excluding diaryl/α,β-unsaturated/α-hetero) is 1. The highest BCUT2D eigenvalue weighted by molar-refractivity contribution is 7.22. The van der Waals surface area contributed by atoms with E-state index in [0.29, 0.717) is 30.2 Å². The molecule has 36 heavy (non-hydrogen) atoms. The van der Waals surface area contributed by atoms with Gasteiger partial charge in [-0.15, -0.1) is 0 Å². The topological polar surface area (TPSA) is 89.0 Å². The van der Waals surface area contributed by atoms with Gasteiger partial charge in [-0.2, -0.15) is 0 Å². The number of aliphatic hydroxyl groups is 1. The Bertz CT molecular complexity index is 1590. The van der Waals surface area contributed by atoms with Gasteiger partial charge in [0, 0.05) is 11.1 Å². The number of anilines is 1. The number of fused-ring (bicyclic) bond motifs is 2. The lowest BCUT2D eigenvalue weighted by Gasteiger charge is -2.23. The number of aryl methyl sites for hydroxylation is 1. The van der Waals surface area contributed by atoms with Crippen LogP contribution >= 0.6 is 11.3 Å². The Balaban J connectivity index is 1.55. The van der Waals surface area contributed by atoms with E-state index in [1.807, 2.05) is 25.1 Å². The molecule has 0 saturated carbocycles. The number of aliphatic hydroxyl groups excluding tert-OH is 1. The summed E-state index contributed by atoms with van der Waals surface area (Å²) in [5.74, 6) is -1.95. The van der Waals surface area contributed by atoms with Gasteiger partial charge in [-0.1, -0.05) is 35.6 Å². The highest BCUT2D eigenvalue weighted by atomic mass is 32.1. The van der Waals surface area contributed by atoms with Gasteiger partial charge in [-0.3, -0.25) is 14.5 Å². The Morgan fingerprint density at radius 1 is 1.06 bits per heavy atom. The molecule has 2 aliphatic rings. The second-order valence-corrected chi connectivity index (χ2v) is 9.53. The van der Waals surface area contributed by atoms with E-state index in [2.05, 4.69) is 4.98 Å². The first-order valence-electron chi connectivity index (χ1n) is 11.2. The smallest absolute Gasteiger partial charge is 0.301 e. The van der Waals surface area contributed by atoms with E-state index in [4.69, 9.17) is 9.47 Å². The third-order valence-corrected chi connectivity index (χ3v) is 7.22. The van der Waals surface area contributed by atoms with E-state index < -0.39 is 29.3 Å². The zero-order chi connectivity index (χ0) is 25.0. The number of aromatic nitrogens is 1. The fraction of sp³-hybridized carbons (Fsp3) is 0.148. The van der Waals surface area contributed by atoms with Crippen molar-refractivity contribution in [1.82, 2.24) is 4.98 Å². The van der Waals surface area contributed by atoms with Gasteiger partial charge < -0.3 is 14.6 Å². The van der Waals surface area contributed by atoms with E-state index in [1.165, 1.54) is 40.5 Å². The molecule has 0 spiro atoms. The van der Waals surface area contributed by atoms with Crippen molar-refractivity contribution < 1.29 is 28.6 Å². The molecule has 2 aliphatic heterocycles. The van der Waals surface area contributed by atoms with Gasteiger partial charge in [-0.05, 0) is 48.9 Å². The summed E-state index contributed by atoms with van der Waals surface area (Å²) in [6.07, 6.45) is 0. The molecule has 4 aromatic rings. The van der Waals surface area contributed by atoms with Gasteiger partial charge in [0.2, 0.25) is 0 Å². The lowest BCUT2D eigenvalue weighted by Crippen LogP contribution is -2.29. The van der Waals surface area contributed by atoms with Crippen molar-refractivity contribution in [2.45, 2.75) is 13.0 Å². The minimum Gasteiger partial charge on any atom is -0.507 e. The van der Waals surface area contributed by atoms with Crippen molar-refractivity contribution in [3.05, 3.63) is 88.7 Å². The number of benzene rings is 3. The first-order valence-corrected chi connectivity index (χ1v) is 12.1. The molecule has 6 rings (SSSR count). The zero-order valence-corrected chi connectivity index (χ0v) is 19.8. The van der Waals surface area contributed by atoms with E-state index >= 15 is 4.39 Å². The summed E-state index contributed by atoms with van der Waals surface area (Å²) in [5.41, 5.74) is 1.77. The molecule has 3 aromatic carbocycles. The highest BCUT2D eigenvalue weighted by Crippen LogP contribution is 2.45. The number of amides is 1. The van der Waals surface area contributed by atoms with Crippen molar-refractivity contribution in [2.75, 3.05) is 18.1 Å². The van der Waals surface area contributed by atoms with Crippen LogP contribution in [0.1, 0.15) is 22.7 Å². The Morgan fingerprint density at radius 2 is 1.83 bits per heavy atom. The number of carbonyl (C=O) groups excluding carboxylic acids is 2. The molecule has 1 atom stereocenters. The lowest BCUT2D eigenvalue weighted by atomic mass is 9.95. The zero-order valence-electron chi connectivity index (χ0n) is 19.0. The molecule has 0 aliphatic carbocycles. The Morgan fingerprint density at radius 3 is 2.64 bits per heavy atom. The Labute approximate surface area is 209 Å². The molecule has 1 unspecified atom stereocenters. The highest BCUT2D eigenvalue weighted by Gasteiger charge is 2.49. The second-order valence-electron chi connectivity index (χ2n) is 8.52. The minimum atomic E-state index is -1.21. The number of ketones is 1. The molecular weight excluding hydrogens is 483 g/mol. The Hall–Kier alpha value is -4.24. The summed E-state index contributed by atoms with van der Waals surface area (Å²) in [4.78, 5) is 32.4. The van der Waals surface area contributed by atoms with Crippen LogP contribution in [0, 0.1) is 12.7 Å². The van der Waals surface area contributed by atoms with Crippen LogP contribution in [0.4, 0.5) is 9.52 Å². The van der Waals surface area contributed by atoms with Crippen molar-refractivity contribution in [3.8, 4) is 11.5 Å². The maximum Gasteiger partial charge on any atom is 0.301 e. The van der Waals surface area contributed by atoms with Crippen LogP contribution in [0.15, 0.2) is 66.2 Å². The number of carbonyl (C=O) groups is 2. The second kappa shape index (κ2) is 8.46. The number of halogens is 1. The summed E-state index contributed by atoms with van der Waals surface area (Å²) in [6.45, 7) is 2.68. The molecular formula is C27H19FN2O5S. The van der Waals surface area contributed by atoms with Crippen molar-refractivity contribution in [3.63, 3.8) is 0 Å². The monoisotopic (exact) mass is 502 g/mol. The van der Waals surface area contributed by atoms with E-state index in [9.17, 15) is 14.7 Å². The van der Waals surface area contributed by atoms with Crippen LogP contribution in [0.3, 0.4) is 0 Å². The summed E-state index contributed by atoms with van der Waals surface area (Å²) >= 11 is 1.23. The molecule has 180 valence electrons. The van der Waals surface area contributed by atoms with Crippen LogP contribution in [0.2, 0.25) is 0 Å². The molecule has 1 N–H and O–H groups in total. The predicted molar refractivity (Wildman–Crippen MR) is 133 cm³/mol. The third kappa shape index (κ3) is 3.51. The number of rotatable bonds is 3. The van der Waals surface area contributed by atoms with Crippen LogP contribution in [-0.2, 0) is 9.59 Å². The van der Waals surface area contributed by atoms with Crippen molar-refractivity contribution in [2.24, 2.45) is 0 Å². The fourth-order valence-electron chi connectivity index (χ4n) is 4.49. The first kappa shape index (κ1) is 22.2. The summed E-state index contributed by atoms with van der Waals surface area (Å²) in [7, 11) is 0. The molecule has 0 bridgehead atoms. The lowest BCUT2D eigenvalue weighted by molar-refractivity contribution is -0.132. The molecule has 1 saturated heterocycles. The Kier molecular flexibility index (Phi) is 5.22. The quantitative estimate of drug-likeness (QED) is 0.237. The van der Waals surface area contributed by atoms with E-state index in [0.717, 1.165) is 10.3 Å². The van der Waals surface area contributed by atoms with Gasteiger partial charge in [0.25, 0.3) is 5.78 Å². The number of nitrogens with zero attached hydrogens (tertiary/aromatic N) is 2. The van der Waals surface area contributed by atoms with Crippen LogP contribution in [0.5, 0.6) is 11.5 Å². The van der Waals surface area contributed by atoms with Crippen LogP contribution < -0.4 is 14.4 Å². The summed E-state index contributed by atoms with van der Waals surface area (Å²) in [5, 5.41) is 11.6. The van der Waals surface area contributed by atoms with Crippen LogP contribution in [-0.4, -0.2) is 35.0 Å². The maximum atomic E-state index is 15.1. The largest absolute Gasteiger partial charge is 0.507 e. The average Bonchev–Trinajstić information content (AvgIpc) is 3.41. The number of hydrogen-bond acceptors (Lipinski definition) is 7. The molecule has 7 nitrogen and oxygen atoms in total.